The lowest BCUT2D eigenvalue weighted by Crippen LogP contribution is -2.40. The number of amides is 1. The zero-order valence-electron chi connectivity index (χ0n) is 16.3. The third kappa shape index (κ3) is 3.89. The molecule has 0 aromatic heterocycles. The van der Waals surface area contributed by atoms with Crippen molar-refractivity contribution in [1.29, 1.82) is 5.26 Å². The van der Waals surface area contributed by atoms with Crippen molar-refractivity contribution in [1.82, 2.24) is 4.90 Å². The van der Waals surface area contributed by atoms with Crippen molar-refractivity contribution < 1.29 is 19.0 Å². The van der Waals surface area contributed by atoms with Gasteiger partial charge in [-0.25, -0.2) is 0 Å². The van der Waals surface area contributed by atoms with Gasteiger partial charge in [-0.2, -0.15) is 5.26 Å². The fourth-order valence-corrected chi connectivity index (χ4v) is 3.58. The lowest BCUT2D eigenvalue weighted by molar-refractivity contribution is -0.139. The molecule has 2 atom stereocenters. The van der Waals surface area contributed by atoms with E-state index in [9.17, 15) is 10.1 Å². The zero-order chi connectivity index (χ0) is 20.1. The van der Waals surface area contributed by atoms with E-state index in [4.69, 9.17) is 14.2 Å². The standard InChI is InChI=1S/C22H24N2O4/c1-15(28-20-9-5-4-7-16(20)14-23)22(25)24-12-6-8-19(24)18-11-10-17(26-2)13-21(18)27-3/h4-5,7,9-11,13,15,19H,6,8,12H2,1-3H3. The van der Waals surface area contributed by atoms with Crippen molar-refractivity contribution in [2.75, 3.05) is 20.8 Å². The number of benzene rings is 2. The monoisotopic (exact) mass is 380 g/mol. The maximum atomic E-state index is 13.1. The smallest absolute Gasteiger partial charge is 0.263 e. The van der Waals surface area contributed by atoms with E-state index in [-0.39, 0.29) is 11.9 Å². The van der Waals surface area contributed by atoms with Gasteiger partial charge in [-0.05, 0) is 44.0 Å². The summed E-state index contributed by atoms with van der Waals surface area (Å²) in [5.74, 6) is 1.73. The molecule has 28 heavy (non-hydrogen) atoms. The number of rotatable bonds is 6. The molecule has 2 unspecified atom stereocenters. The van der Waals surface area contributed by atoms with E-state index in [0.29, 0.717) is 29.4 Å². The number of ether oxygens (including phenoxy) is 3. The van der Waals surface area contributed by atoms with Crippen LogP contribution in [0.1, 0.15) is 36.9 Å². The predicted octanol–water partition coefficient (Wildman–Crippen LogP) is 3.71. The Morgan fingerprint density at radius 1 is 1.18 bits per heavy atom. The molecule has 6 nitrogen and oxygen atoms in total. The minimum absolute atomic E-state index is 0.0781. The number of nitrogens with zero attached hydrogens (tertiary/aromatic N) is 2. The van der Waals surface area contributed by atoms with Crippen molar-refractivity contribution in [3.63, 3.8) is 0 Å². The molecule has 0 saturated carbocycles. The molecule has 1 aliphatic rings. The number of hydrogen-bond acceptors (Lipinski definition) is 5. The molecule has 2 aromatic carbocycles. The third-order valence-corrected chi connectivity index (χ3v) is 4.99. The average Bonchev–Trinajstić information content (AvgIpc) is 3.22. The van der Waals surface area contributed by atoms with Crippen LogP contribution in [0.15, 0.2) is 42.5 Å². The van der Waals surface area contributed by atoms with E-state index >= 15 is 0 Å². The SMILES string of the molecule is COc1ccc(C2CCCN2C(=O)C(C)Oc2ccccc2C#N)c(OC)c1. The molecular formula is C22H24N2O4. The molecular weight excluding hydrogens is 356 g/mol. The van der Waals surface area contributed by atoms with Crippen LogP contribution in [0.3, 0.4) is 0 Å². The summed E-state index contributed by atoms with van der Waals surface area (Å²) < 4.78 is 16.6. The topological polar surface area (TPSA) is 71.8 Å². The second-order valence-electron chi connectivity index (χ2n) is 6.67. The summed E-state index contributed by atoms with van der Waals surface area (Å²) in [5, 5.41) is 9.22. The minimum atomic E-state index is -0.695. The van der Waals surface area contributed by atoms with Gasteiger partial charge in [0.1, 0.15) is 23.3 Å². The number of para-hydroxylation sites is 1. The number of hydrogen-bond donors (Lipinski definition) is 0. The van der Waals surface area contributed by atoms with Crippen LogP contribution in [0.25, 0.3) is 0 Å². The number of nitriles is 1. The van der Waals surface area contributed by atoms with E-state index in [0.717, 1.165) is 18.4 Å². The Balaban J connectivity index is 1.80. The first-order valence-corrected chi connectivity index (χ1v) is 9.27. The molecule has 1 fully saturated rings. The predicted molar refractivity (Wildman–Crippen MR) is 104 cm³/mol. The highest BCUT2D eigenvalue weighted by molar-refractivity contribution is 5.82. The molecule has 6 heteroatoms. The summed E-state index contributed by atoms with van der Waals surface area (Å²) >= 11 is 0. The molecule has 1 aliphatic heterocycles. The highest BCUT2D eigenvalue weighted by Crippen LogP contribution is 2.39. The van der Waals surface area contributed by atoms with E-state index < -0.39 is 6.10 Å². The Morgan fingerprint density at radius 3 is 2.68 bits per heavy atom. The molecule has 1 saturated heterocycles. The second kappa shape index (κ2) is 8.66. The second-order valence-corrected chi connectivity index (χ2v) is 6.67. The fourth-order valence-electron chi connectivity index (χ4n) is 3.58. The van der Waals surface area contributed by atoms with Crippen LogP contribution >= 0.6 is 0 Å². The quantitative estimate of drug-likeness (QED) is 0.764. The molecule has 2 aromatic rings. The molecule has 0 radical (unpaired) electrons. The van der Waals surface area contributed by atoms with Crippen LogP contribution in [0.2, 0.25) is 0 Å². The van der Waals surface area contributed by atoms with Gasteiger partial charge in [-0.3, -0.25) is 4.79 Å². The Morgan fingerprint density at radius 2 is 1.96 bits per heavy atom. The molecule has 0 N–H and O–H groups in total. The Kier molecular flexibility index (Phi) is 6.05. The minimum Gasteiger partial charge on any atom is -0.497 e. The van der Waals surface area contributed by atoms with Crippen LogP contribution in [0.4, 0.5) is 0 Å². The first-order valence-electron chi connectivity index (χ1n) is 9.27. The number of carbonyl (C=O) groups is 1. The summed E-state index contributed by atoms with van der Waals surface area (Å²) in [4.78, 5) is 14.9. The van der Waals surface area contributed by atoms with E-state index in [1.807, 2.05) is 23.1 Å². The molecule has 3 rings (SSSR count). The van der Waals surface area contributed by atoms with Gasteiger partial charge >= 0.3 is 0 Å². The number of carbonyl (C=O) groups excluding carboxylic acids is 1. The Bertz CT molecular complexity index is 890. The van der Waals surface area contributed by atoms with Gasteiger partial charge in [0.2, 0.25) is 0 Å². The molecule has 1 heterocycles. The van der Waals surface area contributed by atoms with Crippen LogP contribution in [0, 0.1) is 11.3 Å². The fraction of sp³-hybridized carbons (Fsp3) is 0.364. The van der Waals surface area contributed by atoms with E-state index in [1.54, 1.807) is 45.4 Å². The summed E-state index contributed by atoms with van der Waals surface area (Å²) in [7, 11) is 3.22. The Hall–Kier alpha value is -3.20. The maximum Gasteiger partial charge on any atom is 0.263 e. The lowest BCUT2D eigenvalue weighted by Gasteiger charge is -2.29. The van der Waals surface area contributed by atoms with Gasteiger partial charge in [0.25, 0.3) is 5.91 Å². The normalized spacial score (nSPS) is 16.9. The largest absolute Gasteiger partial charge is 0.497 e. The van der Waals surface area contributed by atoms with Crippen LogP contribution < -0.4 is 14.2 Å². The molecule has 146 valence electrons. The van der Waals surface area contributed by atoms with Crippen LogP contribution in [-0.4, -0.2) is 37.7 Å². The van der Waals surface area contributed by atoms with Gasteiger partial charge in [0.05, 0.1) is 25.8 Å². The maximum absolute atomic E-state index is 13.1. The Labute approximate surface area is 165 Å². The van der Waals surface area contributed by atoms with Crippen molar-refractivity contribution in [2.45, 2.75) is 31.9 Å². The number of likely N-dealkylation sites (tertiary alicyclic amines) is 1. The zero-order valence-corrected chi connectivity index (χ0v) is 16.3. The molecule has 0 aliphatic carbocycles. The summed E-state index contributed by atoms with van der Waals surface area (Å²) in [6, 6.07) is 14.6. The summed E-state index contributed by atoms with van der Waals surface area (Å²) in [5.41, 5.74) is 1.37. The average molecular weight is 380 g/mol. The van der Waals surface area contributed by atoms with E-state index in [1.165, 1.54) is 0 Å². The van der Waals surface area contributed by atoms with Gasteiger partial charge in [-0.15, -0.1) is 0 Å². The van der Waals surface area contributed by atoms with Crippen molar-refractivity contribution in [3.05, 3.63) is 53.6 Å². The van der Waals surface area contributed by atoms with Gasteiger partial charge < -0.3 is 19.1 Å². The first-order chi connectivity index (χ1) is 13.6. The molecule has 1 amide bonds. The lowest BCUT2D eigenvalue weighted by atomic mass is 10.0. The third-order valence-electron chi connectivity index (χ3n) is 4.99. The van der Waals surface area contributed by atoms with Crippen molar-refractivity contribution in [2.24, 2.45) is 0 Å². The van der Waals surface area contributed by atoms with Crippen LogP contribution in [-0.2, 0) is 4.79 Å². The highest BCUT2D eigenvalue weighted by Gasteiger charge is 2.35. The van der Waals surface area contributed by atoms with E-state index in [2.05, 4.69) is 6.07 Å². The van der Waals surface area contributed by atoms with Crippen molar-refractivity contribution >= 4 is 5.91 Å². The van der Waals surface area contributed by atoms with Crippen molar-refractivity contribution in [3.8, 4) is 23.3 Å². The van der Waals surface area contributed by atoms with Crippen LogP contribution in [0.5, 0.6) is 17.2 Å². The summed E-state index contributed by atoms with van der Waals surface area (Å²) in [6.45, 7) is 2.38. The highest BCUT2D eigenvalue weighted by atomic mass is 16.5. The molecule has 0 bridgehead atoms. The summed E-state index contributed by atoms with van der Waals surface area (Å²) in [6.07, 6.45) is 1.07. The number of methoxy groups -OCH3 is 2. The molecule has 0 spiro atoms. The van der Waals surface area contributed by atoms with Gasteiger partial charge in [-0.1, -0.05) is 12.1 Å². The van der Waals surface area contributed by atoms with Gasteiger partial charge in [0.15, 0.2) is 6.10 Å². The first kappa shape index (κ1) is 19.6. The van der Waals surface area contributed by atoms with Gasteiger partial charge in [0, 0.05) is 18.2 Å².